The number of amides is 1. The quantitative estimate of drug-likeness (QED) is 0.924. The second-order valence-electron chi connectivity index (χ2n) is 6.03. The molecule has 1 N–H and O–H groups in total. The van der Waals surface area contributed by atoms with Gasteiger partial charge in [-0.1, -0.05) is 29.3 Å². The van der Waals surface area contributed by atoms with Crippen molar-refractivity contribution in [2.75, 3.05) is 20.1 Å². The Morgan fingerprint density at radius 1 is 1.33 bits per heavy atom. The van der Waals surface area contributed by atoms with Gasteiger partial charge in [0.05, 0.1) is 10.0 Å². The maximum atomic E-state index is 12.6. The van der Waals surface area contributed by atoms with E-state index < -0.39 is 0 Å². The van der Waals surface area contributed by atoms with Crippen molar-refractivity contribution in [3.63, 3.8) is 0 Å². The van der Waals surface area contributed by atoms with Crippen LogP contribution in [-0.2, 0) is 4.79 Å². The van der Waals surface area contributed by atoms with Gasteiger partial charge in [0.15, 0.2) is 0 Å². The summed E-state index contributed by atoms with van der Waals surface area (Å²) in [6, 6.07) is 6.13. The molecule has 3 nitrogen and oxygen atoms in total. The summed E-state index contributed by atoms with van der Waals surface area (Å²) in [6.45, 7) is 1.72. The fourth-order valence-electron chi connectivity index (χ4n) is 3.23. The van der Waals surface area contributed by atoms with E-state index in [1.165, 1.54) is 0 Å². The third-order valence-electron chi connectivity index (χ3n) is 4.62. The zero-order valence-electron chi connectivity index (χ0n) is 12.1. The molecule has 0 unspecified atom stereocenters. The first-order valence-corrected chi connectivity index (χ1v) is 8.26. The minimum Gasteiger partial charge on any atom is -0.341 e. The van der Waals surface area contributed by atoms with Crippen LogP contribution in [0.3, 0.4) is 0 Å². The van der Waals surface area contributed by atoms with E-state index in [0.717, 1.165) is 37.9 Å². The average Bonchev–Trinajstić information content (AvgIpc) is 3.30. The number of likely N-dealkylation sites (tertiary alicyclic amines) is 1. The van der Waals surface area contributed by atoms with Crippen molar-refractivity contribution >= 4 is 29.1 Å². The fraction of sp³-hybridized carbons (Fsp3) is 0.562. The Kier molecular flexibility index (Phi) is 4.43. The number of nitrogens with one attached hydrogen (secondary N) is 1. The number of nitrogens with zero attached hydrogens (tertiary/aromatic N) is 1. The molecule has 0 radical (unpaired) electrons. The van der Waals surface area contributed by atoms with Crippen LogP contribution in [0.2, 0.25) is 10.0 Å². The lowest BCUT2D eigenvalue weighted by Crippen LogP contribution is -2.47. The van der Waals surface area contributed by atoms with E-state index in [-0.39, 0.29) is 5.92 Å². The Balaban J connectivity index is 1.64. The Hall–Kier alpha value is -0.770. The highest BCUT2D eigenvalue weighted by Crippen LogP contribution is 2.49. The van der Waals surface area contributed by atoms with E-state index in [1.54, 1.807) is 0 Å². The number of carbonyl (C=O) groups is 1. The van der Waals surface area contributed by atoms with Crippen LogP contribution in [0, 0.1) is 5.92 Å². The highest BCUT2D eigenvalue weighted by Gasteiger charge is 2.46. The molecule has 0 spiro atoms. The minimum atomic E-state index is 0.123. The molecule has 2 fully saturated rings. The van der Waals surface area contributed by atoms with Crippen molar-refractivity contribution in [1.29, 1.82) is 0 Å². The van der Waals surface area contributed by atoms with Crippen molar-refractivity contribution in [1.82, 2.24) is 10.2 Å². The summed E-state index contributed by atoms with van der Waals surface area (Å²) in [5.41, 5.74) is 1.13. The summed E-state index contributed by atoms with van der Waals surface area (Å²) in [4.78, 5) is 14.6. The van der Waals surface area contributed by atoms with Gasteiger partial charge in [0, 0.05) is 25.0 Å². The van der Waals surface area contributed by atoms with Gasteiger partial charge in [0.2, 0.25) is 5.91 Å². The van der Waals surface area contributed by atoms with Crippen LogP contribution in [0.1, 0.15) is 30.7 Å². The van der Waals surface area contributed by atoms with E-state index in [0.29, 0.717) is 27.9 Å². The molecule has 5 heteroatoms. The molecule has 1 aromatic rings. The number of piperidine rings is 1. The van der Waals surface area contributed by atoms with Crippen LogP contribution in [-0.4, -0.2) is 37.0 Å². The average molecular weight is 327 g/mol. The van der Waals surface area contributed by atoms with Gasteiger partial charge >= 0.3 is 0 Å². The number of hydrogen-bond donors (Lipinski definition) is 1. The third kappa shape index (κ3) is 3.20. The third-order valence-corrected chi connectivity index (χ3v) is 5.36. The minimum absolute atomic E-state index is 0.123. The molecule has 0 aromatic heterocycles. The monoisotopic (exact) mass is 326 g/mol. The second kappa shape index (κ2) is 6.15. The number of halogens is 2. The molecule has 3 rings (SSSR count). The lowest BCUT2D eigenvalue weighted by atomic mass is 10.0. The molecule has 1 aliphatic heterocycles. The molecule has 2 aliphatic rings. The Morgan fingerprint density at radius 2 is 2.14 bits per heavy atom. The topological polar surface area (TPSA) is 32.3 Å². The van der Waals surface area contributed by atoms with E-state index >= 15 is 0 Å². The smallest absolute Gasteiger partial charge is 0.226 e. The first-order chi connectivity index (χ1) is 10.1. The molecule has 1 saturated heterocycles. The number of likely N-dealkylation sites (N-methyl/N-ethyl adjacent to an activating group) is 1. The molecule has 1 aliphatic carbocycles. The van der Waals surface area contributed by atoms with Gasteiger partial charge in [-0.05, 0) is 49.9 Å². The predicted octanol–water partition coefficient (Wildman–Crippen LogP) is 3.31. The molecular formula is C16H20Cl2N2O. The van der Waals surface area contributed by atoms with E-state index in [9.17, 15) is 4.79 Å². The molecular weight excluding hydrogens is 307 g/mol. The van der Waals surface area contributed by atoms with Gasteiger partial charge in [0.25, 0.3) is 0 Å². The number of hydrogen-bond acceptors (Lipinski definition) is 2. The Bertz CT molecular complexity index is 549. The van der Waals surface area contributed by atoms with Crippen molar-refractivity contribution in [3.8, 4) is 0 Å². The molecule has 1 aromatic carbocycles. The van der Waals surface area contributed by atoms with Crippen LogP contribution in [0.25, 0.3) is 0 Å². The van der Waals surface area contributed by atoms with Gasteiger partial charge < -0.3 is 10.2 Å². The molecule has 3 atom stereocenters. The lowest BCUT2D eigenvalue weighted by molar-refractivity contribution is -0.134. The standard InChI is InChI=1S/C16H20Cl2N2O/c1-19-11-3-2-6-20(9-11)16(21)13-8-12(13)10-4-5-14(17)15(18)7-10/h4-5,7,11-13,19H,2-3,6,8-9H2,1H3/t11-,12+,13+/m1/s1. The summed E-state index contributed by atoms with van der Waals surface area (Å²) in [5.74, 6) is 0.728. The van der Waals surface area contributed by atoms with Crippen LogP contribution in [0.5, 0.6) is 0 Å². The Morgan fingerprint density at radius 3 is 2.86 bits per heavy atom. The molecule has 1 heterocycles. The summed E-state index contributed by atoms with van der Waals surface area (Å²) in [6.07, 6.45) is 3.17. The summed E-state index contributed by atoms with van der Waals surface area (Å²) >= 11 is 12.0. The zero-order valence-corrected chi connectivity index (χ0v) is 13.6. The first-order valence-electron chi connectivity index (χ1n) is 7.51. The predicted molar refractivity (Wildman–Crippen MR) is 86.0 cm³/mol. The first kappa shape index (κ1) is 15.1. The largest absolute Gasteiger partial charge is 0.341 e. The number of benzene rings is 1. The van der Waals surface area contributed by atoms with Crippen molar-refractivity contribution in [3.05, 3.63) is 33.8 Å². The van der Waals surface area contributed by atoms with Gasteiger partial charge in [-0.3, -0.25) is 4.79 Å². The molecule has 1 amide bonds. The fourth-order valence-corrected chi connectivity index (χ4v) is 3.53. The number of carbonyl (C=O) groups excluding carboxylic acids is 1. The van der Waals surface area contributed by atoms with Crippen LogP contribution < -0.4 is 5.32 Å². The van der Waals surface area contributed by atoms with Gasteiger partial charge in [-0.25, -0.2) is 0 Å². The van der Waals surface area contributed by atoms with E-state index in [2.05, 4.69) is 5.32 Å². The van der Waals surface area contributed by atoms with Crippen LogP contribution in [0.15, 0.2) is 18.2 Å². The zero-order chi connectivity index (χ0) is 15.0. The normalized spacial score (nSPS) is 28.5. The maximum Gasteiger partial charge on any atom is 0.226 e. The summed E-state index contributed by atoms with van der Waals surface area (Å²) in [5, 5.41) is 4.42. The molecule has 114 valence electrons. The van der Waals surface area contributed by atoms with Crippen LogP contribution >= 0.6 is 23.2 Å². The van der Waals surface area contributed by atoms with Gasteiger partial charge in [-0.15, -0.1) is 0 Å². The highest BCUT2D eigenvalue weighted by atomic mass is 35.5. The van der Waals surface area contributed by atoms with E-state index in [4.69, 9.17) is 23.2 Å². The van der Waals surface area contributed by atoms with Crippen LogP contribution in [0.4, 0.5) is 0 Å². The van der Waals surface area contributed by atoms with Gasteiger partial charge in [0.1, 0.15) is 0 Å². The van der Waals surface area contributed by atoms with Crippen molar-refractivity contribution in [2.45, 2.75) is 31.2 Å². The summed E-state index contributed by atoms with van der Waals surface area (Å²) < 4.78 is 0. The molecule has 21 heavy (non-hydrogen) atoms. The highest BCUT2D eigenvalue weighted by molar-refractivity contribution is 6.42. The molecule has 1 saturated carbocycles. The lowest BCUT2D eigenvalue weighted by Gasteiger charge is -2.32. The second-order valence-corrected chi connectivity index (χ2v) is 6.85. The van der Waals surface area contributed by atoms with Gasteiger partial charge in [-0.2, -0.15) is 0 Å². The SMILES string of the molecule is CN[C@@H]1CCCN(C(=O)[C@H]2C[C@H]2c2ccc(Cl)c(Cl)c2)C1. The van der Waals surface area contributed by atoms with Crippen molar-refractivity contribution < 1.29 is 4.79 Å². The van der Waals surface area contributed by atoms with E-state index in [1.807, 2.05) is 30.1 Å². The summed E-state index contributed by atoms with van der Waals surface area (Å²) in [7, 11) is 1.97. The van der Waals surface area contributed by atoms with Crippen molar-refractivity contribution in [2.24, 2.45) is 5.92 Å². The maximum absolute atomic E-state index is 12.6. The number of rotatable bonds is 3. The Labute approximate surface area is 135 Å². The molecule has 0 bridgehead atoms.